The van der Waals surface area contributed by atoms with E-state index in [4.69, 9.17) is 0 Å². The van der Waals surface area contributed by atoms with Gasteiger partial charge in [-0.15, -0.1) is 4.91 Å². The highest BCUT2D eigenvalue weighted by Gasteiger charge is 1.96. The molecule has 0 radical (unpaired) electrons. The molecule has 0 heterocycles. The molecule has 0 aliphatic carbocycles. The molecule has 3 heteroatoms. The molecule has 0 aliphatic rings. The summed E-state index contributed by atoms with van der Waals surface area (Å²) in [5, 5.41) is 6.32. The first-order valence-electron chi connectivity index (χ1n) is 11.5. The fourth-order valence-electron chi connectivity index (χ4n) is 3.55. The minimum Gasteiger partial charge on any atom is -0.385 e. The largest absolute Gasteiger partial charge is 0.385 e. The lowest BCUT2D eigenvalue weighted by atomic mass is 10.0. The Hall–Kier alpha value is -1.38. The first-order valence-corrected chi connectivity index (χ1v) is 11.5. The van der Waals surface area contributed by atoms with Crippen molar-refractivity contribution in [1.29, 1.82) is 0 Å². The Bertz CT molecular complexity index is 444. The maximum absolute atomic E-state index is 10.4. The first kappa shape index (κ1) is 23.7. The Morgan fingerprint density at radius 2 is 1.04 bits per heavy atom. The third-order valence-electron chi connectivity index (χ3n) is 5.33. The van der Waals surface area contributed by atoms with Crippen molar-refractivity contribution >= 4 is 11.4 Å². The monoisotopic (exact) mass is 374 g/mol. The summed E-state index contributed by atoms with van der Waals surface area (Å²) in [5.74, 6) is 0. The number of nitrogens with zero attached hydrogens (tertiary/aromatic N) is 1. The zero-order valence-corrected chi connectivity index (χ0v) is 17.7. The minimum atomic E-state index is 0.489. The van der Waals surface area contributed by atoms with Gasteiger partial charge < -0.3 is 5.32 Å². The molecule has 1 N–H and O–H groups in total. The van der Waals surface area contributed by atoms with E-state index in [1.54, 1.807) is 12.1 Å². The molecule has 0 aliphatic heterocycles. The standard InChI is InChI=1S/C24H42N2O/c1-2-3-4-5-6-7-8-9-10-11-12-13-14-15-16-17-22-25-23-18-20-24(26-27)21-19-23/h18-21,25H,2-17,22H2,1H3. The van der Waals surface area contributed by atoms with Gasteiger partial charge in [-0.3, -0.25) is 0 Å². The van der Waals surface area contributed by atoms with Crippen LogP contribution in [0.3, 0.4) is 0 Å². The van der Waals surface area contributed by atoms with Crippen LogP contribution in [0.25, 0.3) is 0 Å². The van der Waals surface area contributed by atoms with Gasteiger partial charge in [-0.2, -0.15) is 0 Å². The summed E-state index contributed by atoms with van der Waals surface area (Å²) < 4.78 is 0. The van der Waals surface area contributed by atoms with E-state index in [1.807, 2.05) is 12.1 Å². The topological polar surface area (TPSA) is 41.5 Å². The Morgan fingerprint density at radius 1 is 0.630 bits per heavy atom. The number of benzene rings is 1. The summed E-state index contributed by atoms with van der Waals surface area (Å²) in [5.41, 5.74) is 1.56. The van der Waals surface area contributed by atoms with Gasteiger partial charge in [0.05, 0.1) is 0 Å². The molecular formula is C24H42N2O. The van der Waals surface area contributed by atoms with E-state index in [-0.39, 0.29) is 0 Å². The molecule has 27 heavy (non-hydrogen) atoms. The van der Waals surface area contributed by atoms with E-state index < -0.39 is 0 Å². The van der Waals surface area contributed by atoms with Crippen LogP contribution in [0.1, 0.15) is 110 Å². The second kappa shape index (κ2) is 18.0. The fourth-order valence-corrected chi connectivity index (χ4v) is 3.55. The van der Waals surface area contributed by atoms with Gasteiger partial charge in [-0.25, -0.2) is 0 Å². The number of nitrogens with one attached hydrogen (secondary N) is 1. The van der Waals surface area contributed by atoms with Gasteiger partial charge in [0.1, 0.15) is 5.69 Å². The fraction of sp³-hybridized carbons (Fsp3) is 0.750. The summed E-state index contributed by atoms with van der Waals surface area (Å²) in [6, 6.07) is 7.35. The number of unbranched alkanes of at least 4 members (excludes halogenated alkanes) is 15. The molecule has 1 aromatic rings. The lowest BCUT2D eigenvalue weighted by Crippen LogP contribution is -2.00. The highest BCUT2D eigenvalue weighted by atomic mass is 16.3. The lowest BCUT2D eigenvalue weighted by Gasteiger charge is -2.06. The molecule has 0 fully saturated rings. The molecule has 3 nitrogen and oxygen atoms in total. The van der Waals surface area contributed by atoms with Crippen LogP contribution in [0.5, 0.6) is 0 Å². The molecular weight excluding hydrogens is 332 g/mol. The molecule has 0 amide bonds. The molecule has 0 spiro atoms. The maximum atomic E-state index is 10.4. The van der Waals surface area contributed by atoms with E-state index >= 15 is 0 Å². The Labute approximate surface area is 167 Å². The van der Waals surface area contributed by atoms with Gasteiger partial charge in [-0.05, 0) is 35.9 Å². The van der Waals surface area contributed by atoms with Gasteiger partial charge in [-0.1, -0.05) is 103 Å². The van der Waals surface area contributed by atoms with E-state index in [0.29, 0.717) is 5.69 Å². The third kappa shape index (κ3) is 14.4. The smallest absolute Gasteiger partial charge is 0.108 e. The van der Waals surface area contributed by atoms with Crippen LogP contribution < -0.4 is 5.32 Å². The van der Waals surface area contributed by atoms with Gasteiger partial charge >= 0.3 is 0 Å². The zero-order valence-electron chi connectivity index (χ0n) is 17.7. The number of hydrogen-bond donors (Lipinski definition) is 1. The number of anilines is 1. The Morgan fingerprint density at radius 3 is 1.44 bits per heavy atom. The van der Waals surface area contributed by atoms with Crippen LogP contribution in [0, 0.1) is 4.91 Å². The van der Waals surface area contributed by atoms with Crippen molar-refractivity contribution in [3.63, 3.8) is 0 Å². The molecule has 0 bridgehead atoms. The van der Waals surface area contributed by atoms with E-state index in [2.05, 4.69) is 17.4 Å². The number of nitroso groups, excluding NO2 is 1. The molecule has 0 saturated carbocycles. The van der Waals surface area contributed by atoms with E-state index in [9.17, 15) is 4.91 Å². The van der Waals surface area contributed by atoms with E-state index in [0.717, 1.165) is 12.2 Å². The first-order chi connectivity index (χ1) is 13.4. The second-order valence-electron chi connectivity index (χ2n) is 7.87. The average molecular weight is 375 g/mol. The summed E-state index contributed by atoms with van der Waals surface area (Å²) in [6.45, 7) is 3.29. The maximum Gasteiger partial charge on any atom is 0.108 e. The molecule has 0 aromatic heterocycles. The number of rotatable bonds is 19. The molecule has 154 valence electrons. The van der Waals surface area contributed by atoms with Crippen LogP contribution >= 0.6 is 0 Å². The Kier molecular flexibility index (Phi) is 15.8. The van der Waals surface area contributed by atoms with Crippen LogP contribution in [-0.2, 0) is 0 Å². The second-order valence-corrected chi connectivity index (χ2v) is 7.87. The lowest BCUT2D eigenvalue weighted by molar-refractivity contribution is 0.530. The minimum absolute atomic E-state index is 0.489. The SMILES string of the molecule is CCCCCCCCCCCCCCCCCCNc1ccc(N=O)cc1. The normalized spacial score (nSPS) is 10.9. The zero-order chi connectivity index (χ0) is 19.4. The van der Waals surface area contributed by atoms with Crippen molar-refractivity contribution in [2.75, 3.05) is 11.9 Å². The predicted molar refractivity (Wildman–Crippen MR) is 120 cm³/mol. The van der Waals surface area contributed by atoms with Crippen molar-refractivity contribution in [1.82, 2.24) is 0 Å². The average Bonchev–Trinajstić information content (AvgIpc) is 2.70. The van der Waals surface area contributed by atoms with E-state index in [1.165, 1.54) is 103 Å². The van der Waals surface area contributed by atoms with Crippen LogP contribution in [-0.4, -0.2) is 6.54 Å². The van der Waals surface area contributed by atoms with Crippen molar-refractivity contribution in [3.05, 3.63) is 29.2 Å². The van der Waals surface area contributed by atoms with Crippen molar-refractivity contribution in [2.45, 2.75) is 110 Å². The molecule has 1 rings (SSSR count). The highest BCUT2D eigenvalue weighted by molar-refractivity contribution is 5.50. The number of hydrogen-bond acceptors (Lipinski definition) is 3. The van der Waals surface area contributed by atoms with Crippen molar-refractivity contribution < 1.29 is 0 Å². The third-order valence-corrected chi connectivity index (χ3v) is 5.33. The van der Waals surface area contributed by atoms with Crippen molar-refractivity contribution in [3.8, 4) is 0 Å². The summed E-state index contributed by atoms with van der Waals surface area (Å²) in [4.78, 5) is 10.4. The van der Waals surface area contributed by atoms with Crippen LogP contribution in [0.15, 0.2) is 29.4 Å². The highest BCUT2D eigenvalue weighted by Crippen LogP contribution is 2.16. The van der Waals surface area contributed by atoms with Crippen LogP contribution in [0.4, 0.5) is 11.4 Å². The summed E-state index contributed by atoms with van der Waals surface area (Å²) in [7, 11) is 0. The summed E-state index contributed by atoms with van der Waals surface area (Å²) >= 11 is 0. The quantitative estimate of drug-likeness (QED) is 0.194. The molecule has 0 atom stereocenters. The van der Waals surface area contributed by atoms with Gasteiger partial charge in [0, 0.05) is 12.2 Å². The van der Waals surface area contributed by atoms with Crippen molar-refractivity contribution in [2.24, 2.45) is 5.18 Å². The predicted octanol–water partition coefficient (Wildman–Crippen LogP) is 8.76. The molecule has 0 saturated heterocycles. The Balaban J connectivity index is 1.76. The van der Waals surface area contributed by atoms with Gasteiger partial charge in [0.25, 0.3) is 0 Å². The van der Waals surface area contributed by atoms with Gasteiger partial charge in [0.15, 0.2) is 0 Å². The molecule has 0 unspecified atom stereocenters. The summed E-state index contributed by atoms with van der Waals surface area (Å²) in [6.07, 6.45) is 22.4. The van der Waals surface area contributed by atoms with Crippen LogP contribution in [0.2, 0.25) is 0 Å². The van der Waals surface area contributed by atoms with Gasteiger partial charge in [0.2, 0.25) is 0 Å². The molecule has 1 aromatic carbocycles.